The molecule has 0 saturated heterocycles. The van der Waals surface area contributed by atoms with Crippen molar-refractivity contribution in [1.82, 2.24) is 0 Å². The molecule has 0 aliphatic heterocycles. The number of methoxy groups -OCH3 is 1. The first-order valence-electron chi connectivity index (χ1n) is 10.00. The molecule has 32 heavy (non-hydrogen) atoms. The summed E-state index contributed by atoms with van der Waals surface area (Å²) in [6, 6.07) is 18.6. The van der Waals surface area contributed by atoms with Crippen LogP contribution in [0.1, 0.15) is 35.5 Å². The molecule has 1 heterocycles. The van der Waals surface area contributed by atoms with Gasteiger partial charge in [-0.1, -0.05) is 56.3 Å². The highest BCUT2D eigenvalue weighted by atomic mass is 16.5. The first-order chi connectivity index (χ1) is 15.6. The zero-order valence-corrected chi connectivity index (χ0v) is 19.1. The van der Waals surface area contributed by atoms with Gasteiger partial charge in [0.15, 0.2) is 0 Å². The van der Waals surface area contributed by atoms with Crippen LogP contribution in [0.2, 0.25) is 0 Å². The average Bonchev–Trinajstić information content (AvgIpc) is 3.25. The van der Waals surface area contributed by atoms with Crippen LogP contribution in [0.4, 0.5) is 5.69 Å². The summed E-state index contributed by atoms with van der Waals surface area (Å²) in [4.78, 5) is 31.9. The van der Waals surface area contributed by atoms with Crippen molar-refractivity contribution in [2.75, 3.05) is 19.5 Å². The summed E-state index contributed by atoms with van der Waals surface area (Å²) < 4.78 is 9.57. The molecule has 0 aliphatic rings. The molecule has 0 radical (unpaired) electrons. The molecule has 0 spiro atoms. The van der Waals surface area contributed by atoms with Gasteiger partial charge in [0.1, 0.15) is 17.8 Å². The lowest BCUT2D eigenvalue weighted by Gasteiger charge is -2.04. The molecule has 7 nitrogen and oxygen atoms in total. The molecule has 0 fully saturated rings. The predicted octanol–water partition coefficient (Wildman–Crippen LogP) is 4.67. The van der Waals surface area contributed by atoms with E-state index >= 15 is 0 Å². The fraction of sp³-hybridized carbons (Fsp3) is 0.240. The smallest absolute Gasteiger partial charge is 0.292 e. The van der Waals surface area contributed by atoms with E-state index in [1.165, 1.54) is 7.11 Å². The molecule has 2 N–H and O–H groups in total. The van der Waals surface area contributed by atoms with Crippen LogP contribution in [-0.4, -0.2) is 38.0 Å². The average molecular weight is 442 g/mol. The zero-order valence-electron chi connectivity index (χ0n) is 19.1. The fourth-order valence-corrected chi connectivity index (χ4v) is 2.47. The van der Waals surface area contributed by atoms with Crippen molar-refractivity contribution in [2.24, 2.45) is 0 Å². The molecule has 3 aromatic rings. The van der Waals surface area contributed by atoms with Crippen molar-refractivity contribution in [2.45, 2.75) is 27.2 Å². The number of rotatable bonds is 6. The van der Waals surface area contributed by atoms with Crippen LogP contribution in [0, 0.1) is 6.92 Å². The molecule has 0 saturated carbocycles. The summed E-state index contributed by atoms with van der Waals surface area (Å²) in [5.74, 6) is 1.02. The normalized spacial score (nSPS) is 8.81. The van der Waals surface area contributed by atoms with Crippen LogP contribution in [0.5, 0.6) is 0 Å². The molecule has 2 aromatic carbocycles. The Balaban J connectivity index is 0.00000106. The van der Waals surface area contributed by atoms with E-state index in [9.17, 15) is 9.59 Å². The number of nitrogens with one attached hydrogen (secondary N) is 1. The second kappa shape index (κ2) is 17.0. The number of hydrogen-bond acceptors (Lipinski definition) is 6. The number of hydrogen-bond donors (Lipinski definition) is 2. The first kappa shape index (κ1) is 28.3. The van der Waals surface area contributed by atoms with Crippen molar-refractivity contribution in [1.29, 1.82) is 0 Å². The Hall–Kier alpha value is -3.71. The zero-order chi connectivity index (χ0) is 24.4. The van der Waals surface area contributed by atoms with Gasteiger partial charge in [0.25, 0.3) is 12.4 Å². The molecule has 0 aliphatic carbocycles. The Morgan fingerprint density at radius 2 is 1.59 bits per heavy atom. The van der Waals surface area contributed by atoms with Gasteiger partial charge < -0.3 is 24.4 Å². The molecular weight excluding hydrogens is 410 g/mol. The number of amides is 1. The number of aliphatic hydroxyl groups is 1. The Bertz CT molecular complexity index is 917. The minimum atomic E-state index is -0.221. The summed E-state index contributed by atoms with van der Waals surface area (Å²) >= 11 is 0. The maximum Gasteiger partial charge on any atom is 0.292 e. The third kappa shape index (κ3) is 9.40. The lowest BCUT2D eigenvalue weighted by Crippen LogP contribution is -2.12. The third-order valence-corrected chi connectivity index (χ3v) is 3.85. The molecule has 1 aromatic heterocycles. The Labute approximate surface area is 189 Å². The molecule has 0 atom stereocenters. The Morgan fingerprint density at radius 3 is 2.09 bits per heavy atom. The number of ether oxygens (including phenoxy) is 1. The summed E-state index contributed by atoms with van der Waals surface area (Å²) in [7, 11) is 2.31. The van der Waals surface area contributed by atoms with Crippen molar-refractivity contribution in [3.05, 3.63) is 77.6 Å². The highest BCUT2D eigenvalue weighted by Gasteiger charge is 2.16. The molecule has 0 unspecified atom stereocenters. The highest BCUT2D eigenvalue weighted by Crippen LogP contribution is 2.25. The van der Waals surface area contributed by atoms with Gasteiger partial charge in [0, 0.05) is 24.8 Å². The number of carbonyl (C=O) groups excluding carboxylic acids is 3. The van der Waals surface area contributed by atoms with Gasteiger partial charge in [-0.15, -0.1) is 0 Å². The number of anilines is 1. The first-order valence-corrected chi connectivity index (χ1v) is 10.00. The van der Waals surface area contributed by atoms with E-state index in [-0.39, 0.29) is 5.91 Å². The Morgan fingerprint density at radius 1 is 1.03 bits per heavy atom. The molecule has 3 rings (SSSR count). The van der Waals surface area contributed by atoms with E-state index in [0.717, 1.165) is 24.5 Å². The molecule has 0 bridgehead atoms. The number of benzene rings is 2. The van der Waals surface area contributed by atoms with Gasteiger partial charge in [0.2, 0.25) is 0 Å². The van der Waals surface area contributed by atoms with Gasteiger partial charge in [-0.2, -0.15) is 0 Å². The topological polar surface area (TPSA) is 106 Å². The maximum absolute atomic E-state index is 12.5. The second-order valence-corrected chi connectivity index (χ2v) is 5.80. The largest absolute Gasteiger partial charge is 0.471 e. The van der Waals surface area contributed by atoms with Crippen LogP contribution in [0.25, 0.3) is 11.3 Å². The minimum absolute atomic E-state index is 0.221. The lowest BCUT2D eigenvalue weighted by atomic mass is 10.1. The van der Waals surface area contributed by atoms with Gasteiger partial charge in [0.05, 0.1) is 12.7 Å². The molecule has 7 heteroatoms. The quantitative estimate of drug-likeness (QED) is 0.539. The second-order valence-electron chi connectivity index (χ2n) is 5.80. The summed E-state index contributed by atoms with van der Waals surface area (Å²) in [5.41, 5.74) is 3.02. The molecule has 1 amide bonds. The minimum Gasteiger partial charge on any atom is -0.471 e. The number of aryl methyl sites for hydroxylation is 1. The maximum atomic E-state index is 12.5. The predicted molar refractivity (Wildman–Crippen MR) is 126 cm³/mol. The van der Waals surface area contributed by atoms with Gasteiger partial charge in [-0.25, -0.2) is 0 Å². The van der Waals surface area contributed by atoms with Crippen molar-refractivity contribution >= 4 is 24.4 Å². The van der Waals surface area contributed by atoms with Crippen LogP contribution < -0.4 is 5.32 Å². The van der Waals surface area contributed by atoms with Gasteiger partial charge in [-0.05, 0) is 30.7 Å². The van der Waals surface area contributed by atoms with E-state index in [4.69, 9.17) is 14.3 Å². The summed E-state index contributed by atoms with van der Waals surface area (Å²) in [5, 5.41) is 9.85. The number of carbonyl (C=O) groups is 3. The van der Waals surface area contributed by atoms with E-state index < -0.39 is 0 Å². The summed E-state index contributed by atoms with van der Waals surface area (Å²) in [6.45, 7) is 6.15. The van der Waals surface area contributed by atoms with Crippen LogP contribution in [-0.2, 0) is 20.7 Å². The van der Waals surface area contributed by atoms with Crippen LogP contribution in [0.15, 0.2) is 65.1 Å². The standard InChI is InChI=1S/C20H17NO3.C2H4O2.C2H6.CH4O/c1-14-18(13-19(24-14)16-5-3-2-4-6-16)20(23)21-17-9-7-15(8-10-17)11-12-22;1-4-2-3;2*1-2/h2-10,12-13H,11H2,1H3,(H,21,23);2H,1H3;1-2H3;2H,1H3. The van der Waals surface area contributed by atoms with Crippen molar-refractivity contribution < 1.29 is 28.6 Å². The van der Waals surface area contributed by atoms with E-state index in [1.807, 2.05) is 56.3 Å². The molecule has 172 valence electrons. The number of furan rings is 1. The number of aldehydes is 1. The SMILES string of the molecule is CC.CO.COC=O.Cc1oc(-c2ccccc2)cc1C(=O)Nc1ccc(CC=O)cc1. The Kier molecular flexibility index (Phi) is 15.0. The van der Waals surface area contributed by atoms with Gasteiger partial charge in [-0.3, -0.25) is 9.59 Å². The van der Waals surface area contributed by atoms with Crippen LogP contribution >= 0.6 is 0 Å². The van der Waals surface area contributed by atoms with Gasteiger partial charge >= 0.3 is 0 Å². The summed E-state index contributed by atoms with van der Waals surface area (Å²) in [6.07, 6.45) is 1.23. The molecular formula is C25H31NO6. The van der Waals surface area contributed by atoms with Crippen LogP contribution in [0.3, 0.4) is 0 Å². The van der Waals surface area contributed by atoms with Crippen molar-refractivity contribution in [3.63, 3.8) is 0 Å². The number of aliphatic hydroxyl groups excluding tert-OH is 1. The van der Waals surface area contributed by atoms with E-state index in [0.29, 0.717) is 35.7 Å². The van der Waals surface area contributed by atoms with Crippen molar-refractivity contribution in [3.8, 4) is 11.3 Å². The highest BCUT2D eigenvalue weighted by molar-refractivity contribution is 6.05. The van der Waals surface area contributed by atoms with E-state index in [2.05, 4.69) is 10.1 Å². The van der Waals surface area contributed by atoms with E-state index in [1.54, 1.807) is 25.1 Å². The fourth-order valence-electron chi connectivity index (χ4n) is 2.47. The lowest BCUT2D eigenvalue weighted by molar-refractivity contribution is -0.126. The third-order valence-electron chi connectivity index (χ3n) is 3.85. The monoisotopic (exact) mass is 441 g/mol.